The van der Waals surface area contributed by atoms with Crippen LogP contribution in [0.15, 0.2) is 36.4 Å². The number of thiophene rings is 1. The summed E-state index contributed by atoms with van der Waals surface area (Å²) in [6.45, 7) is 0.126. The number of halogens is 1. The van der Waals surface area contributed by atoms with E-state index in [0.29, 0.717) is 15.6 Å². The van der Waals surface area contributed by atoms with Gasteiger partial charge in [0.05, 0.1) is 17.0 Å². The molecule has 1 aromatic carbocycles. The Labute approximate surface area is 159 Å². The number of nitrogens with one attached hydrogen (secondary N) is 2. The van der Waals surface area contributed by atoms with Gasteiger partial charge in [-0.2, -0.15) is 0 Å². The molecule has 0 saturated carbocycles. The third-order valence-corrected chi connectivity index (χ3v) is 4.74. The molecule has 26 heavy (non-hydrogen) atoms. The molecule has 0 saturated heterocycles. The maximum Gasteiger partial charge on any atom is 0.337 e. The van der Waals surface area contributed by atoms with E-state index in [1.54, 1.807) is 12.1 Å². The topological polar surface area (TPSA) is 93.7 Å². The van der Waals surface area contributed by atoms with Gasteiger partial charge in [-0.1, -0.05) is 11.6 Å². The van der Waals surface area contributed by atoms with Crippen LogP contribution in [0.3, 0.4) is 0 Å². The van der Waals surface area contributed by atoms with Crippen LogP contribution >= 0.6 is 22.9 Å². The largest absolute Gasteiger partial charge is 0.465 e. The molecule has 0 aliphatic heterocycles. The third kappa shape index (κ3) is 5.29. The van der Waals surface area contributed by atoms with E-state index in [1.165, 1.54) is 49.8 Å². The second-order valence-electron chi connectivity index (χ2n) is 5.10. The predicted octanol–water partition coefficient (Wildman–Crippen LogP) is 2.63. The molecule has 0 fully saturated rings. The Hall–Kier alpha value is -2.42. The van der Waals surface area contributed by atoms with Gasteiger partial charge in [-0.05, 0) is 36.4 Å². The summed E-state index contributed by atoms with van der Waals surface area (Å²) < 4.78 is 10.5. The van der Waals surface area contributed by atoms with Crippen molar-refractivity contribution in [2.24, 2.45) is 0 Å². The normalized spacial score (nSPS) is 11.5. The highest BCUT2D eigenvalue weighted by atomic mass is 35.5. The van der Waals surface area contributed by atoms with E-state index in [2.05, 4.69) is 15.4 Å². The lowest BCUT2D eigenvalue weighted by molar-refractivity contribution is -0.136. The molecule has 2 rings (SSSR count). The molecular weight excluding hydrogens is 380 g/mol. The standard InChI is InChI=1S/C17H17ClN2O5S/c1-24-12(13-7-8-14(18)26-13)9-19-15(21)16(22)20-11-5-3-10(4-6-11)17(23)25-2/h3-8,12H,9H2,1-2H3,(H,19,21)(H,20,22)/t12-/m1/s1. The number of hydrogen-bond donors (Lipinski definition) is 2. The predicted molar refractivity (Wildman–Crippen MR) is 98.5 cm³/mol. The van der Waals surface area contributed by atoms with Crippen LogP contribution in [0.5, 0.6) is 0 Å². The summed E-state index contributed by atoms with van der Waals surface area (Å²) in [7, 11) is 2.78. The number of anilines is 1. The second kappa shape index (κ2) is 9.33. The van der Waals surface area contributed by atoms with Gasteiger partial charge in [0.15, 0.2) is 0 Å². The molecule has 9 heteroatoms. The lowest BCUT2D eigenvalue weighted by Gasteiger charge is -2.14. The number of benzene rings is 1. The van der Waals surface area contributed by atoms with E-state index >= 15 is 0 Å². The number of hydrogen-bond acceptors (Lipinski definition) is 6. The first-order chi connectivity index (χ1) is 12.4. The Kier molecular flexibility index (Phi) is 7.14. The molecule has 1 heterocycles. The maximum absolute atomic E-state index is 12.0. The van der Waals surface area contributed by atoms with Crippen LogP contribution in [0.1, 0.15) is 21.3 Å². The Morgan fingerprint density at radius 1 is 1.08 bits per heavy atom. The van der Waals surface area contributed by atoms with Crippen molar-refractivity contribution in [3.8, 4) is 0 Å². The zero-order valence-corrected chi connectivity index (χ0v) is 15.6. The number of amides is 2. The minimum Gasteiger partial charge on any atom is -0.465 e. The van der Waals surface area contributed by atoms with Gasteiger partial charge in [0.1, 0.15) is 6.10 Å². The Balaban J connectivity index is 1.88. The van der Waals surface area contributed by atoms with E-state index in [0.717, 1.165) is 4.88 Å². The molecule has 2 amide bonds. The number of carbonyl (C=O) groups is 3. The van der Waals surface area contributed by atoms with Crippen molar-refractivity contribution in [1.82, 2.24) is 5.32 Å². The lowest BCUT2D eigenvalue weighted by Crippen LogP contribution is -2.37. The molecular formula is C17H17ClN2O5S. The molecule has 7 nitrogen and oxygen atoms in total. The van der Waals surface area contributed by atoms with Crippen molar-refractivity contribution in [2.75, 3.05) is 26.1 Å². The second-order valence-corrected chi connectivity index (χ2v) is 6.85. The molecule has 0 aliphatic rings. The highest BCUT2D eigenvalue weighted by Crippen LogP contribution is 2.28. The first-order valence-electron chi connectivity index (χ1n) is 7.50. The van der Waals surface area contributed by atoms with E-state index < -0.39 is 23.9 Å². The smallest absolute Gasteiger partial charge is 0.337 e. The average molecular weight is 397 g/mol. The molecule has 2 N–H and O–H groups in total. The zero-order chi connectivity index (χ0) is 19.1. The fraction of sp³-hybridized carbons (Fsp3) is 0.235. The quantitative estimate of drug-likeness (QED) is 0.578. The number of methoxy groups -OCH3 is 2. The molecule has 1 aromatic heterocycles. The number of esters is 1. The zero-order valence-electron chi connectivity index (χ0n) is 14.1. The van der Waals surface area contributed by atoms with Crippen LogP contribution in [0.2, 0.25) is 4.34 Å². The SMILES string of the molecule is COC(=O)c1ccc(NC(=O)C(=O)NC[C@@H](OC)c2ccc(Cl)s2)cc1. The average Bonchev–Trinajstić information content (AvgIpc) is 3.08. The first kappa shape index (κ1) is 19.9. The summed E-state index contributed by atoms with van der Waals surface area (Å²) in [5.41, 5.74) is 0.721. The molecule has 0 spiro atoms. The van der Waals surface area contributed by atoms with Gasteiger partial charge < -0.3 is 20.1 Å². The van der Waals surface area contributed by atoms with Gasteiger partial charge in [0, 0.05) is 24.2 Å². The minimum atomic E-state index is -0.824. The Bertz CT molecular complexity index is 791. The fourth-order valence-corrected chi connectivity index (χ4v) is 3.20. The monoisotopic (exact) mass is 396 g/mol. The first-order valence-corrected chi connectivity index (χ1v) is 8.69. The van der Waals surface area contributed by atoms with Crippen molar-refractivity contribution in [1.29, 1.82) is 0 Å². The van der Waals surface area contributed by atoms with E-state index in [1.807, 2.05) is 0 Å². The number of ether oxygens (including phenoxy) is 2. The summed E-state index contributed by atoms with van der Waals surface area (Å²) in [5, 5.41) is 4.96. The van der Waals surface area contributed by atoms with Crippen LogP contribution < -0.4 is 10.6 Å². The van der Waals surface area contributed by atoms with Crippen LogP contribution in [0.25, 0.3) is 0 Å². The van der Waals surface area contributed by atoms with Crippen molar-refractivity contribution in [3.05, 3.63) is 51.2 Å². The van der Waals surface area contributed by atoms with Gasteiger partial charge >= 0.3 is 17.8 Å². The van der Waals surface area contributed by atoms with Gasteiger partial charge in [0.25, 0.3) is 0 Å². The van der Waals surface area contributed by atoms with Gasteiger partial charge in [-0.3, -0.25) is 9.59 Å². The molecule has 0 radical (unpaired) electrons. The third-order valence-electron chi connectivity index (χ3n) is 3.41. The number of rotatable bonds is 6. The van der Waals surface area contributed by atoms with Crippen molar-refractivity contribution in [3.63, 3.8) is 0 Å². The summed E-state index contributed by atoms with van der Waals surface area (Å²) in [5.74, 6) is -2.11. The highest BCUT2D eigenvalue weighted by Gasteiger charge is 2.18. The van der Waals surface area contributed by atoms with E-state index in [-0.39, 0.29) is 6.54 Å². The van der Waals surface area contributed by atoms with Crippen LogP contribution in [0.4, 0.5) is 5.69 Å². The van der Waals surface area contributed by atoms with Crippen molar-refractivity contribution in [2.45, 2.75) is 6.10 Å². The summed E-state index contributed by atoms with van der Waals surface area (Å²) in [6.07, 6.45) is -0.399. The highest BCUT2D eigenvalue weighted by molar-refractivity contribution is 7.16. The Morgan fingerprint density at radius 2 is 1.77 bits per heavy atom. The molecule has 2 aromatic rings. The summed E-state index contributed by atoms with van der Waals surface area (Å²) >= 11 is 7.23. The fourth-order valence-electron chi connectivity index (χ4n) is 2.06. The molecule has 1 atom stereocenters. The van der Waals surface area contributed by atoms with Crippen LogP contribution in [-0.2, 0) is 19.1 Å². The van der Waals surface area contributed by atoms with Crippen LogP contribution in [-0.4, -0.2) is 38.5 Å². The van der Waals surface area contributed by atoms with Crippen LogP contribution in [0, 0.1) is 0 Å². The molecule has 0 bridgehead atoms. The molecule has 138 valence electrons. The van der Waals surface area contributed by atoms with Crippen molar-refractivity contribution < 1.29 is 23.9 Å². The summed E-state index contributed by atoms with van der Waals surface area (Å²) in [4.78, 5) is 36.1. The maximum atomic E-state index is 12.0. The van der Waals surface area contributed by atoms with Gasteiger partial charge in [0.2, 0.25) is 0 Å². The molecule has 0 unspecified atom stereocenters. The van der Waals surface area contributed by atoms with Gasteiger partial charge in [-0.25, -0.2) is 4.79 Å². The minimum absolute atomic E-state index is 0.126. The van der Waals surface area contributed by atoms with E-state index in [4.69, 9.17) is 16.3 Å². The van der Waals surface area contributed by atoms with E-state index in [9.17, 15) is 14.4 Å². The lowest BCUT2D eigenvalue weighted by atomic mass is 10.2. The Morgan fingerprint density at radius 3 is 2.31 bits per heavy atom. The van der Waals surface area contributed by atoms with Gasteiger partial charge in [-0.15, -0.1) is 11.3 Å². The number of carbonyl (C=O) groups excluding carboxylic acids is 3. The summed E-state index contributed by atoms with van der Waals surface area (Å²) in [6, 6.07) is 9.52. The van der Waals surface area contributed by atoms with Crippen molar-refractivity contribution >= 4 is 46.4 Å². The molecule has 0 aliphatic carbocycles.